The molecule has 1 aliphatic rings. The molecule has 27 heavy (non-hydrogen) atoms. The van der Waals surface area contributed by atoms with Crippen LogP contribution in [0.2, 0.25) is 0 Å². The van der Waals surface area contributed by atoms with Crippen LogP contribution in [0.15, 0.2) is 41.3 Å². The first-order chi connectivity index (χ1) is 13.2. The average Bonchev–Trinajstić information content (AvgIpc) is 3.16. The molecule has 1 amide bonds. The van der Waals surface area contributed by atoms with Crippen molar-refractivity contribution in [1.82, 2.24) is 25.0 Å². The number of hydrogen-bond acceptors (Lipinski definition) is 8. The van der Waals surface area contributed by atoms with Gasteiger partial charge < -0.3 is 18.9 Å². The molecule has 0 N–H and O–H groups in total. The zero-order valence-electron chi connectivity index (χ0n) is 14.8. The van der Waals surface area contributed by atoms with E-state index in [-0.39, 0.29) is 11.8 Å². The van der Waals surface area contributed by atoms with Gasteiger partial charge in [-0.15, -0.1) is 0 Å². The van der Waals surface area contributed by atoms with Crippen molar-refractivity contribution in [2.24, 2.45) is 0 Å². The molecule has 3 aromatic rings. The molecular weight excluding hydrogens is 350 g/mol. The molecule has 1 aliphatic heterocycles. The van der Waals surface area contributed by atoms with Gasteiger partial charge in [-0.1, -0.05) is 5.16 Å². The molecule has 0 unspecified atom stereocenters. The van der Waals surface area contributed by atoms with Crippen LogP contribution in [-0.4, -0.2) is 58.2 Å². The van der Waals surface area contributed by atoms with Gasteiger partial charge in [-0.05, 0) is 18.2 Å². The highest BCUT2D eigenvalue weighted by Crippen LogP contribution is 2.31. The Balaban J connectivity index is 1.42. The number of benzene rings is 1. The van der Waals surface area contributed by atoms with E-state index in [0.717, 1.165) is 0 Å². The Hall–Kier alpha value is -3.49. The second-order valence-corrected chi connectivity index (χ2v) is 6.02. The lowest BCUT2D eigenvalue weighted by Crippen LogP contribution is -2.48. The third-order valence-corrected chi connectivity index (χ3v) is 4.38. The Morgan fingerprint density at radius 2 is 2.00 bits per heavy atom. The highest BCUT2D eigenvalue weighted by Gasteiger charge is 2.36. The predicted octanol–water partition coefficient (Wildman–Crippen LogP) is 1.78. The van der Waals surface area contributed by atoms with Gasteiger partial charge in [0, 0.05) is 31.0 Å². The topological polar surface area (TPSA) is 103 Å². The largest absolute Gasteiger partial charge is 0.493 e. The monoisotopic (exact) mass is 367 g/mol. The van der Waals surface area contributed by atoms with Crippen molar-refractivity contribution in [3.05, 3.63) is 48.2 Å². The van der Waals surface area contributed by atoms with E-state index in [0.29, 0.717) is 47.6 Å². The molecule has 0 bridgehead atoms. The van der Waals surface area contributed by atoms with E-state index in [9.17, 15) is 4.79 Å². The van der Waals surface area contributed by atoms with Crippen LogP contribution in [-0.2, 0) is 0 Å². The van der Waals surface area contributed by atoms with E-state index in [2.05, 4.69) is 20.1 Å². The molecule has 0 aliphatic carbocycles. The van der Waals surface area contributed by atoms with E-state index in [1.165, 1.54) is 7.11 Å². The summed E-state index contributed by atoms with van der Waals surface area (Å²) in [6.07, 6.45) is 4.72. The number of likely N-dealkylation sites (tertiary alicyclic amines) is 1. The molecular formula is C18H17N5O4. The van der Waals surface area contributed by atoms with Gasteiger partial charge in [-0.25, -0.2) is 4.98 Å². The highest BCUT2D eigenvalue weighted by molar-refractivity contribution is 5.95. The fraction of sp³-hybridized carbons (Fsp3) is 0.278. The molecule has 0 saturated carbocycles. The van der Waals surface area contributed by atoms with Gasteiger partial charge in [0.15, 0.2) is 11.5 Å². The van der Waals surface area contributed by atoms with Gasteiger partial charge in [-0.2, -0.15) is 4.98 Å². The van der Waals surface area contributed by atoms with E-state index >= 15 is 0 Å². The third kappa shape index (κ3) is 3.19. The van der Waals surface area contributed by atoms with Crippen LogP contribution in [0.1, 0.15) is 22.2 Å². The number of nitrogens with zero attached hydrogens (tertiary/aromatic N) is 5. The van der Waals surface area contributed by atoms with Crippen LogP contribution < -0.4 is 9.47 Å². The number of amides is 1. The van der Waals surface area contributed by atoms with Crippen molar-refractivity contribution >= 4 is 5.91 Å². The first-order valence-corrected chi connectivity index (χ1v) is 8.31. The first kappa shape index (κ1) is 17.0. The van der Waals surface area contributed by atoms with Crippen LogP contribution in [0.25, 0.3) is 11.5 Å². The van der Waals surface area contributed by atoms with Gasteiger partial charge in [-0.3, -0.25) is 9.78 Å². The maximum Gasteiger partial charge on any atom is 0.254 e. The van der Waals surface area contributed by atoms with Crippen molar-refractivity contribution in [2.75, 3.05) is 27.3 Å². The number of rotatable bonds is 5. The quantitative estimate of drug-likeness (QED) is 0.672. The lowest BCUT2D eigenvalue weighted by Gasteiger charge is -2.37. The minimum Gasteiger partial charge on any atom is -0.493 e. The minimum atomic E-state index is -0.0825. The van der Waals surface area contributed by atoms with E-state index in [1.807, 2.05) is 0 Å². The summed E-state index contributed by atoms with van der Waals surface area (Å²) < 4.78 is 15.8. The third-order valence-electron chi connectivity index (χ3n) is 4.38. The van der Waals surface area contributed by atoms with Crippen LogP contribution in [0.5, 0.6) is 11.5 Å². The van der Waals surface area contributed by atoms with Gasteiger partial charge >= 0.3 is 0 Å². The lowest BCUT2D eigenvalue weighted by molar-refractivity contribution is 0.0569. The van der Waals surface area contributed by atoms with E-state index < -0.39 is 0 Å². The SMILES string of the molecule is COc1ccc(C(=O)N2CC(c3nc(-c4cnccn4)no3)C2)cc1OC. The summed E-state index contributed by atoms with van der Waals surface area (Å²) in [4.78, 5) is 26.9. The van der Waals surface area contributed by atoms with Crippen molar-refractivity contribution < 1.29 is 18.8 Å². The normalized spacial score (nSPS) is 13.9. The maximum absolute atomic E-state index is 12.6. The van der Waals surface area contributed by atoms with Crippen molar-refractivity contribution in [1.29, 1.82) is 0 Å². The second kappa shape index (κ2) is 7.02. The van der Waals surface area contributed by atoms with Gasteiger partial charge in [0.05, 0.1) is 26.3 Å². The Bertz CT molecular complexity index is 953. The molecule has 4 rings (SSSR count). The zero-order chi connectivity index (χ0) is 18.8. The van der Waals surface area contributed by atoms with E-state index in [4.69, 9.17) is 14.0 Å². The smallest absolute Gasteiger partial charge is 0.254 e. The van der Waals surface area contributed by atoms with Crippen LogP contribution in [0.4, 0.5) is 0 Å². The minimum absolute atomic E-state index is 0.00650. The van der Waals surface area contributed by atoms with Crippen molar-refractivity contribution in [2.45, 2.75) is 5.92 Å². The number of aromatic nitrogens is 4. The molecule has 9 heteroatoms. The molecule has 1 aromatic carbocycles. The molecule has 1 saturated heterocycles. The molecule has 0 radical (unpaired) electrons. The second-order valence-electron chi connectivity index (χ2n) is 6.02. The summed E-state index contributed by atoms with van der Waals surface area (Å²) in [5, 5.41) is 3.94. The summed E-state index contributed by atoms with van der Waals surface area (Å²) in [6, 6.07) is 5.11. The molecule has 9 nitrogen and oxygen atoms in total. The number of methoxy groups -OCH3 is 2. The van der Waals surface area contributed by atoms with E-state index in [1.54, 1.807) is 48.8 Å². The van der Waals surface area contributed by atoms with Crippen molar-refractivity contribution in [3.8, 4) is 23.0 Å². The van der Waals surface area contributed by atoms with Gasteiger partial charge in [0.2, 0.25) is 11.7 Å². The summed E-state index contributed by atoms with van der Waals surface area (Å²) in [6.45, 7) is 1.02. The summed E-state index contributed by atoms with van der Waals surface area (Å²) in [5.74, 6) is 1.91. The molecule has 0 spiro atoms. The lowest BCUT2D eigenvalue weighted by atomic mass is 9.98. The molecule has 3 heterocycles. The van der Waals surface area contributed by atoms with Crippen molar-refractivity contribution in [3.63, 3.8) is 0 Å². The number of carbonyl (C=O) groups is 1. The Morgan fingerprint density at radius 1 is 1.19 bits per heavy atom. The Kier molecular flexibility index (Phi) is 4.41. The zero-order valence-corrected chi connectivity index (χ0v) is 14.8. The molecule has 1 fully saturated rings. The highest BCUT2D eigenvalue weighted by atomic mass is 16.5. The fourth-order valence-electron chi connectivity index (χ4n) is 2.87. The van der Waals surface area contributed by atoms with Gasteiger partial charge in [0.1, 0.15) is 5.69 Å². The number of hydrogen-bond donors (Lipinski definition) is 0. The summed E-state index contributed by atoms with van der Waals surface area (Å²) in [7, 11) is 3.09. The average molecular weight is 367 g/mol. The summed E-state index contributed by atoms with van der Waals surface area (Å²) >= 11 is 0. The number of carbonyl (C=O) groups excluding carboxylic acids is 1. The maximum atomic E-state index is 12.6. The number of ether oxygens (including phenoxy) is 2. The van der Waals surface area contributed by atoms with Crippen LogP contribution >= 0.6 is 0 Å². The Morgan fingerprint density at radius 3 is 2.70 bits per heavy atom. The summed E-state index contributed by atoms with van der Waals surface area (Å²) in [5.41, 5.74) is 1.09. The first-order valence-electron chi connectivity index (χ1n) is 8.31. The Labute approximate surface area is 155 Å². The molecule has 138 valence electrons. The van der Waals surface area contributed by atoms with Crippen LogP contribution in [0.3, 0.4) is 0 Å². The standard InChI is InChI=1S/C18H17N5O4/c1-25-14-4-3-11(7-15(14)26-2)18(24)23-9-12(10-23)17-21-16(22-27-17)13-8-19-5-6-20-13/h3-8,12H,9-10H2,1-2H3. The fourth-order valence-corrected chi connectivity index (χ4v) is 2.87. The van der Waals surface area contributed by atoms with Crippen LogP contribution in [0, 0.1) is 0 Å². The predicted molar refractivity (Wildman–Crippen MR) is 93.5 cm³/mol. The molecule has 2 aromatic heterocycles. The molecule has 0 atom stereocenters. The van der Waals surface area contributed by atoms with Gasteiger partial charge in [0.25, 0.3) is 5.91 Å².